The first-order valence-corrected chi connectivity index (χ1v) is 8.45. The molecule has 0 atom stereocenters. The third-order valence-corrected chi connectivity index (χ3v) is 5.00. The number of carbonyl (C=O) groups is 2. The first-order chi connectivity index (χ1) is 10.9. The fourth-order valence-electron chi connectivity index (χ4n) is 3.02. The van der Waals surface area contributed by atoms with Crippen LogP contribution in [0.5, 0.6) is 0 Å². The topological polar surface area (TPSA) is 90.9 Å². The van der Waals surface area contributed by atoms with E-state index in [1.165, 1.54) is 0 Å². The normalized spacial score (nSPS) is 20.9. The van der Waals surface area contributed by atoms with Gasteiger partial charge < -0.3 is 20.5 Å². The predicted octanol–water partition coefficient (Wildman–Crippen LogP) is 1.43. The van der Waals surface area contributed by atoms with Crippen LogP contribution in [0.2, 0.25) is 0 Å². The van der Waals surface area contributed by atoms with Gasteiger partial charge in [0.15, 0.2) is 0 Å². The zero-order valence-corrected chi connectivity index (χ0v) is 14.7. The Morgan fingerprint density at radius 2 is 1.87 bits per heavy atom. The van der Waals surface area contributed by atoms with Gasteiger partial charge in [-0.3, -0.25) is 9.69 Å². The molecule has 0 aromatic carbocycles. The highest BCUT2D eigenvalue weighted by Crippen LogP contribution is 2.25. The summed E-state index contributed by atoms with van der Waals surface area (Å²) in [5.41, 5.74) is -0.306. The number of rotatable bonds is 10. The minimum absolute atomic E-state index is 0.0590. The molecule has 0 heterocycles. The lowest BCUT2D eigenvalue weighted by molar-refractivity contribution is -0.139. The van der Waals surface area contributed by atoms with Crippen LogP contribution in [0, 0.1) is 0 Å². The van der Waals surface area contributed by atoms with Crippen molar-refractivity contribution in [3.05, 3.63) is 0 Å². The molecule has 2 amide bonds. The van der Waals surface area contributed by atoms with E-state index >= 15 is 0 Å². The van der Waals surface area contributed by atoms with Crippen molar-refractivity contribution in [2.75, 3.05) is 26.7 Å². The molecule has 0 spiro atoms. The van der Waals surface area contributed by atoms with Gasteiger partial charge >= 0.3 is 12.0 Å². The van der Waals surface area contributed by atoms with Gasteiger partial charge in [0.05, 0.1) is 12.1 Å². The Bertz CT molecular complexity index is 385. The number of carboxylic acid groups (broad SMARTS) is 1. The summed E-state index contributed by atoms with van der Waals surface area (Å²) in [5, 5.41) is 14.7. The molecule has 1 aliphatic carbocycles. The van der Waals surface area contributed by atoms with Gasteiger partial charge in [-0.1, -0.05) is 20.8 Å². The molecule has 7 heteroatoms. The van der Waals surface area contributed by atoms with Gasteiger partial charge in [0, 0.05) is 25.7 Å². The molecule has 0 aromatic heterocycles. The van der Waals surface area contributed by atoms with Crippen molar-refractivity contribution in [3.8, 4) is 0 Å². The lowest BCUT2D eigenvalue weighted by Gasteiger charge is -2.42. The smallest absolute Gasteiger partial charge is 0.317 e. The van der Waals surface area contributed by atoms with Crippen LogP contribution < -0.4 is 10.6 Å². The van der Waals surface area contributed by atoms with Gasteiger partial charge in [-0.25, -0.2) is 4.79 Å². The highest BCUT2D eigenvalue weighted by Gasteiger charge is 2.35. The number of nitrogens with zero attached hydrogens (tertiary/aromatic N) is 1. The van der Waals surface area contributed by atoms with Crippen LogP contribution >= 0.6 is 0 Å². The molecule has 134 valence electrons. The summed E-state index contributed by atoms with van der Waals surface area (Å²) in [4.78, 5) is 24.7. The Morgan fingerprint density at radius 1 is 1.26 bits per heavy atom. The van der Waals surface area contributed by atoms with Crippen molar-refractivity contribution >= 4 is 12.0 Å². The SMILES string of the molecule is CCN(CC(=O)O)C1CC(NC(=O)NCC(CC)(CC)OC)C1. The van der Waals surface area contributed by atoms with Gasteiger partial charge in [0.25, 0.3) is 0 Å². The molecule has 1 fully saturated rings. The number of carboxylic acids is 1. The molecule has 0 aliphatic heterocycles. The second-order valence-electron chi connectivity index (χ2n) is 6.20. The minimum Gasteiger partial charge on any atom is -0.480 e. The molecule has 0 radical (unpaired) electrons. The number of hydrogen-bond acceptors (Lipinski definition) is 4. The van der Waals surface area contributed by atoms with Crippen LogP contribution in [0.15, 0.2) is 0 Å². The number of ether oxygens (including phenoxy) is 1. The maximum Gasteiger partial charge on any atom is 0.317 e. The van der Waals surface area contributed by atoms with E-state index in [-0.39, 0.29) is 30.3 Å². The fourth-order valence-corrected chi connectivity index (χ4v) is 3.02. The second-order valence-corrected chi connectivity index (χ2v) is 6.20. The summed E-state index contributed by atoms with van der Waals surface area (Å²) >= 11 is 0. The monoisotopic (exact) mass is 329 g/mol. The summed E-state index contributed by atoms with van der Waals surface area (Å²) in [5.74, 6) is -0.809. The Labute approximate surface area is 138 Å². The molecule has 1 aliphatic rings. The number of likely N-dealkylation sites (N-methyl/N-ethyl adjacent to an activating group) is 1. The Hall–Kier alpha value is -1.34. The molecule has 0 unspecified atom stereocenters. The number of aliphatic carboxylic acids is 1. The standard InChI is InChI=1S/C16H31N3O4/c1-5-16(6-2,23-4)11-17-15(22)18-12-8-13(9-12)19(7-3)10-14(20)21/h12-13H,5-11H2,1-4H3,(H,20,21)(H2,17,18,22). The third kappa shape index (κ3) is 5.66. The van der Waals surface area contributed by atoms with Crippen LogP contribution in [0.3, 0.4) is 0 Å². The van der Waals surface area contributed by atoms with E-state index in [2.05, 4.69) is 10.6 Å². The zero-order chi connectivity index (χ0) is 17.5. The van der Waals surface area contributed by atoms with Crippen LogP contribution in [0.25, 0.3) is 0 Å². The van der Waals surface area contributed by atoms with E-state index in [1.54, 1.807) is 7.11 Å². The average Bonchev–Trinajstić information content (AvgIpc) is 2.50. The first-order valence-electron chi connectivity index (χ1n) is 8.45. The van der Waals surface area contributed by atoms with Crippen molar-refractivity contribution in [3.63, 3.8) is 0 Å². The Balaban J connectivity index is 2.31. The van der Waals surface area contributed by atoms with Crippen molar-refractivity contribution < 1.29 is 19.4 Å². The molecule has 0 bridgehead atoms. The van der Waals surface area contributed by atoms with E-state index in [0.29, 0.717) is 13.1 Å². The van der Waals surface area contributed by atoms with Crippen molar-refractivity contribution in [1.82, 2.24) is 15.5 Å². The number of methoxy groups -OCH3 is 1. The lowest BCUT2D eigenvalue weighted by atomic mass is 9.85. The lowest BCUT2D eigenvalue weighted by Crippen LogP contribution is -2.57. The van der Waals surface area contributed by atoms with Gasteiger partial charge in [-0.2, -0.15) is 0 Å². The first kappa shape index (κ1) is 19.7. The molecule has 0 aromatic rings. The molecule has 1 rings (SSSR count). The van der Waals surface area contributed by atoms with E-state index < -0.39 is 5.97 Å². The van der Waals surface area contributed by atoms with E-state index in [4.69, 9.17) is 9.84 Å². The van der Waals surface area contributed by atoms with Gasteiger partial charge in [-0.15, -0.1) is 0 Å². The van der Waals surface area contributed by atoms with Crippen molar-refractivity contribution in [2.24, 2.45) is 0 Å². The molecule has 0 saturated heterocycles. The zero-order valence-electron chi connectivity index (χ0n) is 14.7. The number of nitrogens with one attached hydrogen (secondary N) is 2. The summed E-state index contributed by atoms with van der Waals surface area (Å²) in [6.07, 6.45) is 3.27. The van der Waals surface area contributed by atoms with Gasteiger partial charge in [0.2, 0.25) is 0 Å². The van der Waals surface area contributed by atoms with Crippen LogP contribution in [0.4, 0.5) is 4.79 Å². The largest absolute Gasteiger partial charge is 0.480 e. The van der Waals surface area contributed by atoms with Crippen LogP contribution in [-0.4, -0.2) is 66.4 Å². The van der Waals surface area contributed by atoms with Crippen molar-refractivity contribution in [1.29, 1.82) is 0 Å². The quantitative estimate of drug-likeness (QED) is 0.564. The number of urea groups is 1. The van der Waals surface area contributed by atoms with Crippen molar-refractivity contribution in [2.45, 2.75) is 64.1 Å². The van der Waals surface area contributed by atoms with Gasteiger partial charge in [-0.05, 0) is 32.2 Å². The number of amides is 2. The molecule has 3 N–H and O–H groups in total. The predicted molar refractivity (Wildman–Crippen MR) is 88.5 cm³/mol. The number of hydrogen-bond donors (Lipinski definition) is 3. The van der Waals surface area contributed by atoms with Crippen LogP contribution in [0.1, 0.15) is 46.5 Å². The van der Waals surface area contributed by atoms with E-state index in [9.17, 15) is 9.59 Å². The summed E-state index contributed by atoms with van der Waals surface area (Å²) in [7, 11) is 1.67. The molecule has 7 nitrogen and oxygen atoms in total. The van der Waals surface area contributed by atoms with Crippen LogP contribution in [-0.2, 0) is 9.53 Å². The second kappa shape index (κ2) is 9.08. The van der Waals surface area contributed by atoms with Gasteiger partial charge in [0.1, 0.15) is 0 Å². The maximum absolute atomic E-state index is 12.0. The highest BCUT2D eigenvalue weighted by molar-refractivity contribution is 5.74. The minimum atomic E-state index is -0.809. The summed E-state index contributed by atoms with van der Waals surface area (Å²) < 4.78 is 5.53. The highest BCUT2D eigenvalue weighted by atomic mass is 16.5. The third-order valence-electron chi connectivity index (χ3n) is 5.00. The number of carbonyl (C=O) groups excluding carboxylic acids is 1. The molecule has 23 heavy (non-hydrogen) atoms. The maximum atomic E-state index is 12.0. The Kier molecular flexibility index (Phi) is 7.78. The van der Waals surface area contributed by atoms with E-state index in [1.807, 2.05) is 25.7 Å². The Morgan fingerprint density at radius 3 is 2.30 bits per heavy atom. The van der Waals surface area contributed by atoms with E-state index in [0.717, 1.165) is 25.7 Å². The summed E-state index contributed by atoms with van der Waals surface area (Å²) in [6.45, 7) is 7.30. The molecular weight excluding hydrogens is 298 g/mol. The average molecular weight is 329 g/mol. The molecule has 1 saturated carbocycles. The fraction of sp³-hybridized carbons (Fsp3) is 0.875. The summed E-state index contributed by atoms with van der Waals surface area (Å²) in [6, 6.07) is 0.173. The molecular formula is C16H31N3O4.